The van der Waals surface area contributed by atoms with Crippen molar-refractivity contribution in [3.8, 4) is 0 Å². The zero-order valence-corrected chi connectivity index (χ0v) is 37.8. The molecular formula is C38H63N9O13S2. The van der Waals surface area contributed by atoms with Gasteiger partial charge in [-0.2, -0.15) is 23.5 Å². The molecule has 8 N–H and O–H groups in total. The maximum absolute atomic E-state index is 13.1. The van der Waals surface area contributed by atoms with Crippen LogP contribution in [0.1, 0.15) is 78.6 Å². The minimum absolute atomic E-state index is 0.0342. The standard InChI is InChI=1S/C35H56N8O11S2.C3H7NO2/c1-5-54-35(53)40-11-7-6-8-22(2)32(50)41-23(18-28(46)38-14-12-36-26(44)9-16-42-30(48)20-24(55-3)33(42)51)19-29(47)39-15-13-37-27(45)10-17-43-31(49)21-25(56-4)34(43)52;1-2-6-3(4)5/h22-25H,5-21H2,1-4H3,(H,36,44)(H,37,45)(H,38,46)(H,39,47)(H,40,53)(H,41,50);2H2,1H3,(H2,4,5). The van der Waals surface area contributed by atoms with E-state index in [0.29, 0.717) is 32.4 Å². The Labute approximate surface area is 370 Å². The third-order valence-electron chi connectivity index (χ3n) is 9.19. The van der Waals surface area contributed by atoms with E-state index in [0.717, 1.165) is 9.80 Å². The normalized spacial score (nSPS) is 16.7. The fourth-order valence-electron chi connectivity index (χ4n) is 5.89. The number of rotatable bonds is 27. The summed E-state index contributed by atoms with van der Waals surface area (Å²) in [7, 11) is 0. The molecular weight excluding hydrogens is 855 g/mol. The van der Waals surface area contributed by atoms with Gasteiger partial charge in [0.15, 0.2) is 0 Å². The molecule has 0 bridgehead atoms. The van der Waals surface area contributed by atoms with Crippen molar-refractivity contribution in [1.29, 1.82) is 0 Å². The number of ether oxygens (including phenoxy) is 2. The van der Waals surface area contributed by atoms with Gasteiger partial charge in [0, 0.05) is 96.3 Å². The molecule has 0 spiro atoms. The molecule has 2 heterocycles. The van der Waals surface area contributed by atoms with Crippen molar-refractivity contribution in [2.24, 2.45) is 11.7 Å². The molecule has 0 aromatic rings. The molecule has 2 fully saturated rings. The van der Waals surface area contributed by atoms with Crippen molar-refractivity contribution < 1.29 is 62.2 Å². The number of carbonyl (C=O) groups is 11. The van der Waals surface area contributed by atoms with E-state index in [1.165, 1.54) is 23.5 Å². The molecule has 2 aliphatic heterocycles. The Bertz CT molecular complexity index is 1490. The summed E-state index contributed by atoms with van der Waals surface area (Å²) in [5.74, 6) is -3.88. The van der Waals surface area contributed by atoms with Gasteiger partial charge in [-0.15, -0.1) is 0 Å². The van der Waals surface area contributed by atoms with Gasteiger partial charge in [-0.3, -0.25) is 53.0 Å². The van der Waals surface area contributed by atoms with Gasteiger partial charge in [-0.25, -0.2) is 9.59 Å². The van der Waals surface area contributed by atoms with Crippen LogP contribution in [0, 0.1) is 5.92 Å². The SMILES string of the molecule is CCOC(=O)NCCCCC(C)C(=O)NC(CC(=O)NCCNC(=O)CCN1C(=O)CC(SC)C1=O)CC(=O)NCCNC(=O)CCN1C(=O)CC(SC)C1=O.CCOC(N)=O. The molecule has 2 aliphatic rings. The smallest absolute Gasteiger partial charge is 0.407 e. The Morgan fingerprint density at radius 1 is 0.661 bits per heavy atom. The topological polar surface area (TPSA) is 311 Å². The number of amides is 11. The summed E-state index contributed by atoms with van der Waals surface area (Å²) >= 11 is 2.57. The highest BCUT2D eigenvalue weighted by Gasteiger charge is 2.39. The summed E-state index contributed by atoms with van der Waals surface area (Å²) in [5.41, 5.74) is 4.54. The number of primary amides is 1. The number of thioether (sulfide) groups is 2. The number of alkyl carbamates (subject to hydrolysis) is 1. The van der Waals surface area contributed by atoms with E-state index >= 15 is 0 Å². The first-order chi connectivity index (χ1) is 29.5. The summed E-state index contributed by atoms with van der Waals surface area (Å²) in [5, 5.41) is 15.1. The van der Waals surface area contributed by atoms with Gasteiger partial charge in [0.2, 0.25) is 53.2 Å². The fraction of sp³-hybridized carbons (Fsp3) is 0.711. The van der Waals surface area contributed by atoms with Crippen molar-refractivity contribution in [1.82, 2.24) is 41.7 Å². The minimum Gasteiger partial charge on any atom is -0.450 e. The first-order valence-corrected chi connectivity index (χ1v) is 23.0. The van der Waals surface area contributed by atoms with E-state index in [-0.39, 0.29) is 114 Å². The van der Waals surface area contributed by atoms with Gasteiger partial charge >= 0.3 is 12.2 Å². The zero-order chi connectivity index (χ0) is 46.6. The van der Waals surface area contributed by atoms with E-state index in [1.807, 2.05) is 0 Å². The number of carbonyl (C=O) groups excluding carboxylic acids is 11. The van der Waals surface area contributed by atoms with E-state index in [1.54, 1.807) is 33.3 Å². The molecule has 2 rings (SSSR count). The molecule has 11 amide bonds. The summed E-state index contributed by atoms with van der Waals surface area (Å²) in [6, 6.07) is -0.888. The predicted molar refractivity (Wildman–Crippen MR) is 229 cm³/mol. The highest BCUT2D eigenvalue weighted by atomic mass is 32.2. The number of nitrogens with two attached hydrogens (primary N) is 1. The number of hydrogen-bond acceptors (Lipinski definition) is 15. The molecule has 0 aliphatic carbocycles. The highest BCUT2D eigenvalue weighted by Crippen LogP contribution is 2.24. The molecule has 24 heteroatoms. The predicted octanol–water partition coefficient (Wildman–Crippen LogP) is -0.868. The number of hydrogen-bond donors (Lipinski definition) is 7. The Balaban J connectivity index is 0.00000297. The number of likely N-dealkylation sites (tertiary alicyclic amines) is 2. The molecule has 2 saturated heterocycles. The average molecular weight is 918 g/mol. The van der Waals surface area contributed by atoms with Crippen molar-refractivity contribution in [2.45, 2.75) is 95.1 Å². The molecule has 0 radical (unpaired) electrons. The molecule has 22 nitrogen and oxygen atoms in total. The molecule has 3 unspecified atom stereocenters. The summed E-state index contributed by atoms with van der Waals surface area (Å²) < 4.78 is 9.00. The summed E-state index contributed by atoms with van der Waals surface area (Å²) in [4.78, 5) is 135. The first kappa shape index (κ1) is 54.9. The second-order valence-corrected chi connectivity index (χ2v) is 16.0. The molecule has 62 heavy (non-hydrogen) atoms. The first-order valence-electron chi connectivity index (χ1n) is 20.4. The third kappa shape index (κ3) is 22.1. The monoisotopic (exact) mass is 917 g/mol. The van der Waals surface area contributed by atoms with Crippen LogP contribution in [-0.2, 0) is 52.6 Å². The van der Waals surface area contributed by atoms with Crippen LogP contribution < -0.4 is 37.6 Å². The van der Waals surface area contributed by atoms with Crippen LogP contribution in [0.15, 0.2) is 0 Å². The van der Waals surface area contributed by atoms with Gasteiger partial charge in [0.25, 0.3) is 0 Å². The Hall–Kier alpha value is -5.13. The van der Waals surface area contributed by atoms with Gasteiger partial charge in [-0.1, -0.05) is 13.3 Å². The van der Waals surface area contributed by atoms with Gasteiger partial charge in [0.05, 0.1) is 23.7 Å². The fourth-order valence-corrected chi connectivity index (χ4v) is 7.16. The van der Waals surface area contributed by atoms with Crippen LogP contribution in [0.5, 0.6) is 0 Å². The quantitative estimate of drug-likeness (QED) is 0.0389. The highest BCUT2D eigenvalue weighted by molar-refractivity contribution is 8.00. The van der Waals surface area contributed by atoms with Crippen LogP contribution in [0.4, 0.5) is 9.59 Å². The second-order valence-electron chi connectivity index (χ2n) is 13.9. The second kappa shape index (κ2) is 30.8. The van der Waals surface area contributed by atoms with Crippen LogP contribution in [0.3, 0.4) is 0 Å². The average Bonchev–Trinajstić information content (AvgIpc) is 3.66. The minimum atomic E-state index is -0.888. The molecule has 0 aromatic carbocycles. The Morgan fingerprint density at radius 3 is 1.47 bits per heavy atom. The van der Waals surface area contributed by atoms with Crippen molar-refractivity contribution in [3.63, 3.8) is 0 Å². The Kier molecular flexibility index (Phi) is 27.3. The number of unbranched alkanes of at least 4 members (excludes halogenated alkanes) is 1. The molecule has 3 atom stereocenters. The van der Waals surface area contributed by atoms with Crippen LogP contribution in [0.2, 0.25) is 0 Å². The van der Waals surface area contributed by atoms with E-state index in [2.05, 4.69) is 42.4 Å². The van der Waals surface area contributed by atoms with E-state index in [9.17, 15) is 52.7 Å². The molecule has 0 saturated carbocycles. The maximum Gasteiger partial charge on any atom is 0.407 e. The van der Waals surface area contributed by atoms with Crippen LogP contribution in [-0.4, -0.2) is 163 Å². The zero-order valence-electron chi connectivity index (χ0n) is 36.1. The van der Waals surface area contributed by atoms with Gasteiger partial charge in [-0.05, 0) is 39.2 Å². The van der Waals surface area contributed by atoms with Crippen LogP contribution in [0.25, 0.3) is 0 Å². The van der Waals surface area contributed by atoms with Crippen molar-refractivity contribution in [2.75, 3.05) is 71.5 Å². The summed E-state index contributed by atoms with van der Waals surface area (Å²) in [6.45, 7) is 6.25. The lowest BCUT2D eigenvalue weighted by Gasteiger charge is -2.21. The van der Waals surface area contributed by atoms with Crippen LogP contribution >= 0.6 is 23.5 Å². The molecule has 0 aromatic heterocycles. The largest absolute Gasteiger partial charge is 0.450 e. The van der Waals surface area contributed by atoms with Crippen molar-refractivity contribution >= 4 is 88.9 Å². The van der Waals surface area contributed by atoms with Gasteiger partial charge in [0.1, 0.15) is 0 Å². The summed E-state index contributed by atoms with van der Waals surface area (Å²) in [6.07, 6.45) is 3.52. The maximum atomic E-state index is 13.1. The van der Waals surface area contributed by atoms with E-state index < -0.39 is 58.3 Å². The number of imide groups is 2. The lowest BCUT2D eigenvalue weighted by Crippen LogP contribution is -2.45. The van der Waals surface area contributed by atoms with E-state index in [4.69, 9.17) is 4.74 Å². The lowest BCUT2D eigenvalue weighted by atomic mass is 10.0. The molecule has 350 valence electrons. The lowest BCUT2D eigenvalue weighted by molar-refractivity contribution is -0.140. The third-order valence-corrected chi connectivity index (χ3v) is 11.1. The van der Waals surface area contributed by atoms with Gasteiger partial charge < -0.3 is 47.1 Å². The Morgan fingerprint density at radius 2 is 1.10 bits per heavy atom. The number of nitrogens with zero attached hydrogens (tertiary/aromatic N) is 2. The van der Waals surface area contributed by atoms with Crippen molar-refractivity contribution in [3.05, 3.63) is 0 Å². The number of nitrogens with one attached hydrogen (secondary N) is 6.